The van der Waals surface area contributed by atoms with Crippen molar-refractivity contribution in [2.75, 3.05) is 0 Å². The van der Waals surface area contributed by atoms with Gasteiger partial charge in [-0.3, -0.25) is 9.59 Å². The number of carbonyl (C=O) groups excluding carboxylic acids is 1. The monoisotopic (exact) mass is 258 g/mol. The van der Waals surface area contributed by atoms with Gasteiger partial charge < -0.3 is 15.5 Å². The lowest BCUT2D eigenvalue weighted by atomic mass is 10.2. The third-order valence-corrected chi connectivity index (χ3v) is 2.47. The minimum absolute atomic E-state index is 0.0626. The smallest absolute Gasteiger partial charge is 0.326 e. The van der Waals surface area contributed by atoms with E-state index in [2.05, 4.69) is 10.3 Å². The van der Waals surface area contributed by atoms with E-state index in [9.17, 15) is 14.4 Å². The Labute approximate surface area is 100 Å². The van der Waals surface area contributed by atoms with Crippen molar-refractivity contribution in [3.05, 3.63) is 16.6 Å². The van der Waals surface area contributed by atoms with Gasteiger partial charge in [0, 0.05) is 5.38 Å². The summed E-state index contributed by atoms with van der Waals surface area (Å²) in [5.41, 5.74) is 2.07. The van der Waals surface area contributed by atoms with Crippen LogP contribution < -0.4 is 5.32 Å². The van der Waals surface area contributed by atoms with Gasteiger partial charge in [0.05, 0.1) is 24.0 Å². The molecular weight excluding hydrogens is 248 g/mol. The molecule has 3 N–H and O–H groups in total. The molecule has 0 saturated heterocycles. The summed E-state index contributed by atoms with van der Waals surface area (Å²) in [4.78, 5) is 36.3. The molecule has 1 aromatic rings. The van der Waals surface area contributed by atoms with Crippen LogP contribution in [0.5, 0.6) is 0 Å². The molecule has 0 aliphatic heterocycles. The number of aliphatic carboxylic acids is 2. The minimum Gasteiger partial charge on any atom is -0.481 e. The molecule has 1 aromatic heterocycles. The fourth-order valence-corrected chi connectivity index (χ4v) is 1.67. The van der Waals surface area contributed by atoms with E-state index >= 15 is 0 Å². The van der Waals surface area contributed by atoms with Gasteiger partial charge in [-0.2, -0.15) is 0 Å². The normalized spacial score (nSPS) is 11.8. The van der Waals surface area contributed by atoms with Gasteiger partial charge in [0.25, 0.3) is 0 Å². The highest BCUT2D eigenvalue weighted by Crippen LogP contribution is 2.02. The van der Waals surface area contributed by atoms with Gasteiger partial charge in [-0.25, -0.2) is 9.78 Å². The summed E-state index contributed by atoms with van der Waals surface area (Å²) in [6, 6.07) is -1.42. The van der Waals surface area contributed by atoms with E-state index < -0.39 is 30.3 Å². The number of aromatic nitrogens is 1. The molecule has 0 spiro atoms. The van der Waals surface area contributed by atoms with E-state index in [0.717, 1.165) is 0 Å². The van der Waals surface area contributed by atoms with Crippen molar-refractivity contribution >= 4 is 29.2 Å². The Bertz CT molecular complexity index is 417. The van der Waals surface area contributed by atoms with Crippen LogP contribution in [-0.2, 0) is 20.8 Å². The second kappa shape index (κ2) is 5.94. The first-order valence-electron chi connectivity index (χ1n) is 4.60. The maximum atomic E-state index is 11.4. The maximum Gasteiger partial charge on any atom is 0.326 e. The van der Waals surface area contributed by atoms with E-state index in [4.69, 9.17) is 10.2 Å². The predicted octanol–water partition coefficient (Wildman–Crippen LogP) is -0.270. The molecule has 0 fully saturated rings. The lowest BCUT2D eigenvalue weighted by Gasteiger charge is -2.11. The molecule has 0 aromatic carbocycles. The first-order valence-corrected chi connectivity index (χ1v) is 5.54. The fraction of sp³-hybridized carbons (Fsp3) is 0.333. The molecule has 17 heavy (non-hydrogen) atoms. The number of carboxylic acid groups (broad SMARTS) is 2. The number of hydrogen-bond acceptors (Lipinski definition) is 5. The minimum atomic E-state index is -1.42. The lowest BCUT2D eigenvalue weighted by Crippen LogP contribution is -2.42. The van der Waals surface area contributed by atoms with Crippen molar-refractivity contribution in [3.63, 3.8) is 0 Å². The summed E-state index contributed by atoms with van der Waals surface area (Å²) in [6.07, 6.45) is -0.717. The van der Waals surface area contributed by atoms with Crippen LogP contribution in [0.15, 0.2) is 10.9 Å². The Balaban J connectivity index is 2.52. The lowest BCUT2D eigenvalue weighted by molar-refractivity contribution is -0.147. The average molecular weight is 258 g/mol. The molecule has 1 atom stereocenters. The Kier molecular flexibility index (Phi) is 4.58. The molecule has 8 heteroatoms. The van der Waals surface area contributed by atoms with Crippen molar-refractivity contribution in [2.45, 2.75) is 18.9 Å². The molecule has 1 amide bonds. The Morgan fingerprint density at radius 1 is 1.41 bits per heavy atom. The van der Waals surface area contributed by atoms with E-state index in [1.165, 1.54) is 11.3 Å². The fourth-order valence-electron chi connectivity index (χ4n) is 1.11. The van der Waals surface area contributed by atoms with Crippen molar-refractivity contribution in [3.8, 4) is 0 Å². The summed E-state index contributed by atoms with van der Waals surface area (Å²) in [5, 5.41) is 21.0. The SMILES string of the molecule is O=C(O)CC(NC(=O)Cc1cscn1)C(=O)O. The molecule has 0 bridgehead atoms. The van der Waals surface area contributed by atoms with Gasteiger partial charge in [0.2, 0.25) is 5.91 Å². The molecule has 1 rings (SSSR count). The average Bonchev–Trinajstić information content (AvgIpc) is 2.68. The van der Waals surface area contributed by atoms with E-state index in [1.807, 2.05) is 0 Å². The van der Waals surface area contributed by atoms with E-state index in [1.54, 1.807) is 10.9 Å². The van der Waals surface area contributed by atoms with Gasteiger partial charge in [0.15, 0.2) is 0 Å². The van der Waals surface area contributed by atoms with E-state index in [0.29, 0.717) is 5.69 Å². The van der Waals surface area contributed by atoms with Gasteiger partial charge in [0.1, 0.15) is 6.04 Å². The van der Waals surface area contributed by atoms with Crippen molar-refractivity contribution in [1.82, 2.24) is 10.3 Å². The van der Waals surface area contributed by atoms with Crippen molar-refractivity contribution < 1.29 is 24.6 Å². The van der Waals surface area contributed by atoms with Crippen LogP contribution in [0.4, 0.5) is 0 Å². The molecular formula is C9H10N2O5S. The molecule has 0 aliphatic rings. The quantitative estimate of drug-likeness (QED) is 0.646. The Morgan fingerprint density at radius 2 is 2.12 bits per heavy atom. The van der Waals surface area contributed by atoms with Gasteiger partial charge >= 0.3 is 11.9 Å². The molecule has 7 nitrogen and oxygen atoms in total. The molecule has 1 heterocycles. The van der Waals surface area contributed by atoms with Crippen LogP contribution in [0.3, 0.4) is 0 Å². The highest BCUT2D eigenvalue weighted by atomic mass is 32.1. The van der Waals surface area contributed by atoms with Gasteiger partial charge in [-0.1, -0.05) is 0 Å². The van der Waals surface area contributed by atoms with Crippen LogP contribution in [0, 0.1) is 0 Å². The number of thiazole rings is 1. The maximum absolute atomic E-state index is 11.4. The largest absolute Gasteiger partial charge is 0.481 e. The molecule has 92 valence electrons. The summed E-state index contributed by atoms with van der Waals surface area (Å²) in [6.45, 7) is 0. The highest BCUT2D eigenvalue weighted by molar-refractivity contribution is 7.07. The molecule has 1 unspecified atom stereocenters. The number of nitrogens with zero attached hydrogens (tertiary/aromatic N) is 1. The van der Waals surface area contributed by atoms with Crippen LogP contribution in [0.1, 0.15) is 12.1 Å². The van der Waals surface area contributed by atoms with Crippen LogP contribution >= 0.6 is 11.3 Å². The standard InChI is InChI=1S/C9H10N2O5S/c12-7(1-5-3-17-4-10-5)11-6(9(15)16)2-8(13)14/h3-4,6H,1-2H2,(H,11,12)(H,13,14)(H,15,16). The van der Waals surface area contributed by atoms with Gasteiger partial charge in [-0.05, 0) is 0 Å². The zero-order chi connectivity index (χ0) is 12.8. The Hall–Kier alpha value is -1.96. The summed E-state index contributed by atoms with van der Waals surface area (Å²) in [7, 11) is 0. The number of hydrogen-bond donors (Lipinski definition) is 3. The number of nitrogens with one attached hydrogen (secondary N) is 1. The van der Waals surface area contributed by atoms with Crippen LogP contribution in [-0.4, -0.2) is 39.1 Å². The van der Waals surface area contributed by atoms with Gasteiger partial charge in [-0.15, -0.1) is 11.3 Å². The second-order valence-corrected chi connectivity index (χ2v) is 3.93. The molecule has 0 radical (unpaired) electrons. The highest BCUT2D eigenvalue weighted by Gasteiger charge is 2.23. The van der Waals surface area contributed by atoms with Crippen molar-refractivity contribution in [2.24, 2.45) is 0 Å². The third kappa shape index (κ3) is 4.60. The second-order valence-electron chi connectivity index (χ2n) is 3.21. The van der Waals surface area contributed by atoms with Crippen LogP contribution in [0.2, 0.25) is 0 Å². The van der Waals surface area contributed by atoms with E-state index in [-0.39, 0.29) is 6.42 Å². The molecule has 0 saturated carbocycles. The van der Waals surface area contributed by atoms with Crippen molar-refractivity contribution in [1.29, 1.82) is 0 Å². The van der Waals surface area contributed by atoms with Crippen LogP contribution in [0.25, 0.3) is 0 Å². The molecule has 0 aliphatic carbocycles. The Morgan fingerprint density at radius 3 is 2.59 bits per heavy atom. The zero-order valence-corrected chi connectivity index (χ0v) is 9.44. The number of carboxylic acids is 2. The summed E-state index contributed by atoms with van der Waals surface area (Å²) >= 11 is 1.32. The first-order chi connectivity index (χ1) is 7.99. The summed E-state index contributed by atoms with van der Waals surface area (Å²) < 4.78 is 0. The third-order valence-electron chi connectivity index (χ3n) is 1.84. The predicted molar refractivity (Wildman–Crippen MR) is 57.6 cm³/mol. The number of amides is 1. The first kappa shape index (κ1) is 13.1. The topological polar surface area (TPSA) is 117 Å². The zero-order valence-electron chi connectivity index (χ0n) is 8.62. The number of carbonyl (C=O) groups is 3. The number of rotatable bonds is 6. The summed E-state index contributed by atoms with van der Waals surface area (Å²) in [5.74, 6) is -3.23.